The summed E-state index contributed by atoms with van der Waals surface area (Å²) in [4.78, 5) is 14.6. The third kappa shape index (κ3) is 2.42. The maximum absolute atomic E-state index is 12.4. The van der Waals surface area contributed by atoms with E-state index < -0.39 is 5.66 Å². The van der Waals surface area contributed by atoms with Crippen molar-refractivity contribution in [3.63, 3.8) is 0 Å². The minimum Gasteiger partial charge on any atom is -0.493 e. The molecule has 5 heteroatoms. The summed E-state index contributed by atoms with van der Waals surface area (Å²) in [6.45, 7) is 6.81. The van der Waals surface area contributed by atoms with Gasteiger partial charge in [0.2, 0.25) is 5.91 Å². The smallest absolute Gasteiger partial charge is 0.241 e. The van der Waals surface area contributed by atoms with Crippen molar-refractivity contribution >= 4 is 17.7 Å². The van der Waals surface area contributed by atoms with E-state index in [9.17, 15) is 4.79 Å². The monoisotopic (exact) mass is 378 g/mol. The van der Waals surface area contributed by atoms with Gasteiger partial charge in [-0.15, -0.1) is 0 Å². The van der Waals surface area contributed by atoms with E-state index in [4.69, 9.17) is 9.47 Å². The number of nitrogens with zero attached hydrogens (tertiary/aromatic N) is 1. The number of carbonyl (C=O) groups excluding carboxylic acids is 1. The second kappa shape index (κ2) is 6.30. The van der Waals surface area contributed by atoms with Crippen LogP contribution >= 0.6 is 0 Å². The van der Waals surface area contributed by atoms with Gasteiger partial charge in [-0.05, 0) is 30.7 Å². The van der Waals surface area contributed by atoms with Gasteiger partial charge in [-0.1, -0.05) is 49.8 Å². The average Bonchev–Trinajstić information content (AvgIpc) is 3.10. The summed E-state index contributed by atoms with van der Waals surface area (Å²) in [5.41, 5.74) is 3.54. The third-order valence-corrected chi connectivity index (χ3v) is 6.06. The second-order valence-corrected chi connectivity index (χ2v) is 7.96. The van der Waals surface area contributed by atoms with Crippen molar-refractivity contribution in [3.05, 3.63) is 59.2 Å². The molecule has 1 atom stereocenters. The van der Waals surface area contributed by atoms with Gasteiger partial charge < -0.3 is 19.7 Å². The number of rotatable bonds is 4. The van der Waals surface area contributed by atoms with Gasteiger partial charge in [-0.3, -0.25) is 4.79 Å². The number of carbonyl (C=O) groups is 1. The molecule has 2 aromatic carbocycles. The molecule has 5 nitrogen and oxygen atoms in total. The summed E-state index contributed by atoms with van der Waals surface area (Å²) in [7, 11) is 3.26. The zero-order valence-electron chi connectivity index (χ0n) is 17.0. The van der Waals surface area contributed by atoms with E-state index in [1.54, 1.807) is 14.2 Å². The van der Waals surface area contributed by atoms with E-state index in [-0.39, 0.29) is 11.3 Å². The van der Waals surface area contributed by atoms with Crippen molar-refractivity contribution in [2.24, 2.45) is 0 Å². The molecule has 1 fully saturated rings. The molecule has 0 bridgehead atoms. The van der Waals surface area contributed by atoms with Crippen LogP contribution in [0.5, 0.6) is 11.5 Å². The van der Waals surface area contributed by atoms with E-state index in [1.165, 1.54) is 11.1 Å². The number of aryl methyl sites for hydroxylation is 1. The van der Waals surface area contributed by atoms with Crippen LogP contribution in [0.25, 0.3) is 6.08 Å². The topological polar surface area (TPSA) is 50.8 Å². The highest BCUT2D eigenvalue weighted by molar-refractivity contribution is 5.91. The Bertz CT molecular complexity index is 980. The van der Waals surface area contributed by atoms with E-state index >= 15 is 0 Å². The highest BCUT2D eigenvalue weighted by atomic mass is 16.5. The number of amides is 1. The molecule has 1 N–H and O–H groups in total. The summed E-state index contributed by atoms with van der Waals surface area (Å²) in [5, 5.41) is 3.25. The van der Waals surface area contributed by atoms with Gasteiger partial charge >= 0.3 is 0 Å². The molecule has 1 saturated heterocycles. The molecule has 2 aliphatic rings. The molecule has 0 aromatic heterocycles. The van der Waals surface area contributed by atoms with Crippen LogP contribution in [0.2, 0.25) is 0 Å². The number of nitrogens with one attached hydrogen (secondary N) is 1. The van der Waals surface area contributed by atoms with Gasteiger partial charge in [-0.25, -0.2) is 0 Å². The highest BCUT2D eigenvalue weighted by Gasteiger charge is 2.59. The van der Waals surface area contributed by atoms with E-state index in [0.29, 0.717) is 18.0 Å². The minimum atomic E-state index is -0.631. The summed E-state index contributed by atoms with van der Waals surface area (Å²) in [6, 6.07) is 12.2. The first-order valence-corrected chi connectivity index (χ1v) is 9.44. The first-order chi connectivity index (χ1) is 13.3. The fourth-order valence-corrected chi connectivity index (χ4v) is 4.54. The van der Waals surface area contributed by atoms with Gasteiger partial charge in [0.1, 0.15) is 5.66 Å². The van der Waals surface area contributed by atoms with Crippen LogP contribution < -0.4 is 19.7 Å². The Morgan fingerprint density at radius 3 is 2.64 bits per heavy atom. The second-order valence-electron chi connectivity index (χ2n) is 7.96. The Kier molecular flexibility index (Phi) is 4.14. The number of anilines is 1. The predicted octanol–water partition coefficient (Wildman–Crippen LogP) is 3.65. The molecule has 0 saturated carbocycles. The zero-order chi connectivity index (χ0) is 20.1. The van der Waals surface area contributed by atoms with Crippen molar-refractivity contribution in [2.45, 2.75) is 31.8 Å². The third-order valence-electron chi connectivity index (χ3n) is 6.06. The largest absolute Gasteiger partial charge is 0.493 e. The quantitative estimate of drug-likeness (QED) is 0.882. The summed E-state index contributed by atoms with van der Waals surface area (Å²) in [6.07, 6.45) is 4.10. The molecule has 0 radical (unpaired) electrons. The number of para-hydroxylation sites is 1. The van der Waals surface area contributed by atoms with Crippen molar-refractivity contribution < 1.29 is 14.3 Å². The summed E-state index contributed by atoms with van der Waals surface area (Å²) in [5.74, 6) is 1.39. The van der Waals surface area contributed by atoms with Crippen molar-refractivity contribution in [3.8, 4) is 11.5 Å². The number of hydrogen-bond acceptors (Lipinski definition) is 4. The fourth-order valence-electron chi connectivity index (χ4n) is 4.54. The lowest BCUT2D eigenvalue weighted by molar-refractivity contribution is -0.118. The Balaban J connectivity index is 1.84. The standard InChI is InChI=1S/C23H26N2O3/c1-15-9-10-18-17(13-15)22(2,3)23(24-20(26)14-25(18)23)12-11-16-7-6-8-19(27-4)21(16)28-5/h6-13H,14H2,1-5H3,(H,24,26)/b12-11+/t23-/m1/s1. The van der Waals surface area contributed by atoms with Crippen LogP contribution in [0, 0.1) is 6.92 Å². The molecule has 0 aliphatic carbocycles. The Morgan fingerprint density at radius 2 is 1.93 bits per heavy atom. The van der Waals surface area contributed by atoms with Crippen LogP contribution in [0.3, 0.4) is 0 Å². The number of ether oxygens (including phenoxy) is 2. The van der Waals surface area contributed by atoms with Gasteiger partial charge in [-0.2, -0.15) is 0 Å². The molecule has 2 aliphatic heterocycles. The first kappa shape index (κ1) is 18.4. The molecule has 4 rings (SSSR count). The lowest BCUT2D eigenvalue weighted by Gasteiger charge is -2.40. The molecule has 2 heterocycles. The van der Waals surface area contributed by atoms with E-state index in [1.807, 2.05) is 24.3 Å². The fraction of sp³-hybridized carbons (Fsp3) is 0.348. The van der Waals surface area contributed by atoms with Crippen molar-refractivity contribution in [1.82, 2.24) is 5.32 Å². The van der Waals surface area contributed by atoms with E-state index in [0.717, 1.165) is 11.3 Å². The van der Waals surface area contributed by atoms with Crippen LogP contribution in [0.4, 0.5) is 5.69 Å². The number of benzene rings is 2. The number of hydrogen-bond donors (Lipinski definition) is 1. The molecule has 0 spiro atoms. The zero-order valence-corrected chi connectivity index (χ0v) is 17.0. The van der Waals surface area contributed by atoms with Crippen LogP contribution in [0.1, 0.15) is 30.5 Å². The molecule has 0 unspecified atom stereocenters. The highest BCUT2D eigenvalue weighted by Crippen LogP contribution is 2.53. The molecule has 146 valence electrons. The lowest BCUT2D eigenvalue weighted by atomic mass is 9.75. The number of fused-ring (bicyclic) bond motifs is 3. The van der Waals surface area contributed by atoms with Gasteiger partial charge in [0.15, 0.2) is 11.5 Å². The lowest BCUT2D eigenvalue weighted by Crippen LogP contribution is -2.58. The average molecular weight is 378 g/mol. The molecule has 1 amide bonds. The predicted molar refractivity (Wildman–Crippen MR) is 111 cm³/mol. The minimum absolute atomic E-state index is 0.0292. The molecular formula is C23H26N2O3. The summed E-state index contributed by atoms with van der Waals surface area (Å²) < 4.78 is 11.0. The molecule has 28 heavy (non-hydrogen) atoms. The molecule has 2 aromatic rings. The van der Waals surface area contributed by atoms with Crippen LogP contribution in [-0.2, 0) is 10.2 Å². The van der Waals surface area contributed by atoms with Crippen LogP contribution in [-0.4, -0.2) is 32.3 Å². The number of methoxy groups -OCH3 is 2. The Hall–Kier alpha value is -2.95. The maximum Gasteiger partial charge on any atom is 0.241 e. The van der Waals surface area contributed by atoms with Gasteiger partial charge in [0.05, 0.1) is 20.8 Å². The normalized spacial score (nSPS) is 22.2. The first-order valence-electron chi connectivity index (χ1n) is 9.44. The maximum atomic E-state index is 12.4. The van der Waals surface area contributed by atoms with Gasteiger partial charge in [0, 0.05) is 16.7 Å². The van der Waals surface area contributed by atoms with Gasteiger partial charge in [0.25, 0.3) is 0 Å². The Labute approximate surface area is 165 Å². The van der Waals surface area contributed by atoms with Crippen molar-refractivity contribution in [1.29, 1.82) is 0 Å². The van der Waals surface area contributed by atoms with Crippen molar-refractivity contribution in [2.75, 3.05) is 25.7 Å². The SMILES string of the molecule is COc1cccc(/C=C/[C@@]23NC(=O)CN2c2ccc(C)cc2C3(C)C)c1OC. The molecular weight excluding hydrogens is 352 g/mol. The summed E-state index contributed by atoms with van der Waals surface area (Å²) >= 11 is 0. The Morgan fingerprint density at radius 1 is 1.14 bits per heavy atom. The van der Waals surface area contributed by atoms with Crippen LogP contribution in [0.15, 0.2) is 42.5 Å². The van der Waals surface area contributed by atoms with E-state index in [2.05, 4.69) is 55.3 Å².